The Balaban J connectivity index is 1.13. The molecule has 0 N–H and O–H groups in total. The molecule has 0 bridgehead atoms. The summed E-state index contributed by atoms with van der Waals surface area (Å²) in [7, 11) is 0. The summed E-state index contributed by atoms with van der Waals surface area (Å²) in [6.45, 7) is 0. The highest BCUT2D eigenvalue weighted by Crippen LogP contribution is 2.43. The monoisotopic (exact) mass is 855 g/mol. The number of para-hydroxylation sites is 1. The van der Waals surface area contributed by atoms with E-state index >= 15 is 0 Å². The quantitative estimate of drug-likeness (QED) is 0.149. The van der Waals surface area contributed by atoms with Gasteiger partial charge in [0.1, 0.15) is 0 Å². The standard InChI is InChI=1S/C60H37N7/c1-5-19-38(20-6-1)55-61-56(39-21-7-2-8-22-39)64-59(63-55)42-33-34-53(51(35-42)60-65-57(40-23-9-3-10-24-40)62-58(66-60)41-25-11-4-12-26-41)67-52-32-18-17-31-47(52)50-36-48-45-29-15-13-27-43(45)44-28-14-16-30-46(44)49(48)37-54(50)67/h1-37H. The molecule has 3 aromatic heterocycles. The predicted octanol–water partition coefficient (Wildman–Crippen LogP) is 14.6. The molecule has 0 radical (unpaired) electrons. The van der Waals surface area contributed by atoms with E-state index in [0.717, 1.165) is 60.9 Å². The zero-order chi connectivity index (χ0) is 44.3. The van der Waals surface area contributed by atoms with Crippen molar-refractivity contribution in [1.29, 1.82) is 0 Å². The van der Waals surface area contributed by atoms with Gasteiger partial charge in [-0.15, -0.1) is 0 Å². The number of hydrogen-bond donors (Lipinski definition) is 0. The molecule has 67 heavy (non-hydrogen) atoms. The van der Waals surface area contributed by atoms with Crippen LogP contribution in [0.4, 0.5) is 0 Å². The van der Waals surface area contributed by atoms with Crippen molar-refractivity contribution < 1.29 is 0 Å². The van der Waals surface area contributed by atoms with Gasteiger partial charge in [0, 0.05) is 44.2 Å². The van der Waals surface area contributed by atoms with E-state index in [9.17, 15) is 0 Å². The van der Waals surface area contributed by atoms with Gasteiger partial charge in [0.05, 0.1) is 16.7 Å². The van der Waals surface area contributed by atoms with Gasteiger partial charge in [0.25, 0.3) is 0 Å². The zero-order valence-corrected chi connectivity index (χ0v) is 36.0. The fraction of sp³-hybridized carbons (Fsp3) is 0. The molecule has 13 rings (SSSR count). The second kappa shape index (κ2) is 15.8. The van der Waals surface area contributed by atoms with Gasteiger partial charge in [-0.2, -0.15) is 0 Å². The maximum Gasteiger partial charge on any atom is 0.166 e. The number of aromatic nitrogens is 7. The molecule has 0 saturated carbocycles. The van der Waals surface area contributed by atoms with E-state index in [0.29, 0.717) is 34.9 Å². The Kier molecular flexibility index (Phi) is 9.03. The van der Waals surface area contributed by atoms with Crippen LogP contribution in [-0.4, -0.2) is 34.5 Å². The zero-order valence-electron chi connectivity index (χ0n) is 36.0. The Morgan fingerprint density at radius 2 is 0.582 bits per heavy atom. The minimum atomic E-state index is 0.522. The molecular formula is C60H37N7. The lowest BCUT2D eigenvalue weighted by Crippen LogP contribution is -2.05. The van der Waals surface area contributed by atoms with Crippen molar-refractivity contribution in [3.63, 3.8) is 0 Å². The van der Waals surface area contributed by atoms with Crippen LogP contribution in [0.5, 0.6) is 0 Å². The van der Waals surface area contributed by atoms with Crippen LogP contribution in [0.2, 0.25) is 0 Å². The molecule has 0 spiro atoms. The highest BCUT2D eigenvalue weighted by atomic mass is 15.1. The van der Waals surface area contributed by atoms with Gasteiger partial charge in [-0.1, -0.05) is 188 Å². The van der Waals surface area contributed by atoms with Gasteiger partial charge in [0.15, 0.2) is 34.9 Å². The summed E-state index contributed by atoms with van der Waals surface area (Å²) in [6.07, 6.45) is 0. The van der Waals surface area contributed by atoms with Gasteiger partial charge in [-0.25, -0.2) is 29.9 Å². The van der Waals surface area contributed by atoms with Crippen molar-refractivity contribution in [2.45, 2.75) is 0 Å². The van der Waals surface area contributed by atoms with Crippen LogP contribution in [0, 0.1) is 0 Å². The average Bonchev–Trinajstić information content (AvgIpc) is 3.74. The molecule has 13 aromatic rings. The van der Waals surface area contributed by atoms with Crippen LogP contribution in [0.1, 0.15) is 0 Å². The molecular weight excluding hydrogens is 819 g/mol. The molecule has 7 heteroatoms. The van der Waals surface area contributed by atoms with Crippen LogP contribution in [0.15, 0.2) is 224 Å². The first-order valence-electron chi connectivity index (χ1n) is 22.4. The molecule has 0 unspecified atom stereocenters. The van der Waals surface area contributed by atoms with E-state index in [4.69, 9.17) is 29.9 Å². The molecule has 312 valence electrons. The molecule has 0 aliphatic carbocycles. The van der Waals surface area contributed by atoms with E-state index in [1.54, 1.807) is 0 Å². The molecule has 0 atom stereocenters. The molecule has 7 nitrogen and oxygen atoms in total. The van der Waals surface area contributed by atoms with Gasteiger partial charge in [0.2, 0.25) is 0 Å². The highest BCUT2D eigenvalue weighted by molar-refractivity contribution is 6.28. The SMILES string of the molecule is c1ccc(-c2nc(-c3ccccc3)nc(-c3ccc(-n4c5ccccc5c5cc6c7ccccc7c7ccccc7c6cc54)c(-c4nc(-c5ccccc5)nc(-c5ccccc5)n4)c3)n2)cc1. The molecule has 3 heterocycles. The number of nitrogens with zero attached hydrogens (tertiary/aromatic N) is 7. The number of hydrogen-bond acceptors (Lipinski definition) is 6. The second-order valence-electron chi connectivity index (χ2n) is 16.7. The predicted molar refractivity (Wildman–Crippen MR) is 273 cm³/mol. The second-order valence-corrected chi connectivity index (χ2v) is 16.7. The van der Waals surface area contributed by atoms with E-state index in [-0.39, 0.29) is 0 Å². The largest absolute Gasteiger partial charge is 0.308 e. The Morgan fingerprint density at radius 3 is 1.04 bits per heavy atom. The van der Waals surface area contributed by atoms with Gasteiger partial charge < -0.3 is 4.57 Å². The molecule has 0 saturated heterocycles. The third-order valence-electron chi connectivity index (χ3n) is 12.7. The summed E-state index contributed by atoms with van der Waals surface area (Å²) >= 11 is 0. The van der Waals surface area contributed by atoms with E-state index in [1.807, 2.05) is 121 Å². The van der Waals surface area contributed by atoms with E-state index in [1.165, 1.54) is 32.3 Å². The van der Waals surface area contributed by atoms with Crippen LogP contribution in [0.3, 0.4) is 0 Å². The summed E-state index contributed by atoms with van der Waals surface area (Å²) in [5.74, 6) is 3.38. The van der Waals surface area contributed by atoms with Crippen LogP contribution in [0.25, 0.3) is 128 Å². The van der Waals surface area contributed by atoms with Gasteiger partial charge in [-0.3, -0.25) is 0 Å². The van der Waals surface area contributed by atoms with Gasteiger partial charge in [-0.05, 0) is 68.7 Å². The third kappa shape index (κ3) is 6.60. The third-order valence-corrected chi connectivity index (χ3v) is 12.7. The minimum Gasteiger partial charge on any atom is -0.308 e. The number of rotatable bonds is 7. The van der Waals surface area contributed by atoms with Crippen LogP contribution in [-0.2, 0) is 0 Å². The Morgan fingerprint density at radius 1 is 0.224 bits per heavy atom. The highest BCUT2D eigenvalue weighted by Gasteiger charge is 2.23. The first kappa shape index (κ1) is 38.3. The smallest absolute Gasteiger partial charge is 0.166 e. The lowest BCUT2D eigenvalue weighted by atomic mass is 9.93. The summed E-state index contributed by atoms with van der Waals surface area (Å²) in [6, 6.07) is 77.7. The van der Waals surface area contributed by atoms with Crippen LogP contribution < -0.4 is 0 Å². The summed E-state index contributed by atoms with van der Waals surface area (Å²) in [5, 5.41) is 9.62. The molecule has 0 fully saturated rings. The van der Waals surface area contributed by atoms with Crippen molar-refractivity contribution >= 4 is 54.1 Å². The van der Waals surface area contributed by atoms with Crippen molar-refractivity contribution in [3.8, 4) is 74.0 Å². The first-order chi connectivity index (χ1) is 33.2. The summed E-state index contributed by atoms with van der Waals surface area (Å²) in [5.41, 5.74) is 8.21. The van der Waals surface area contributed by atoms with Crippen molar-refractivity contribution in [3.05, 3.63) is 224 Å². The number of fused-ring (bicyclic) bond motifs is 9. The Labute approximate surface area is 385 Å². The normalized spacial score (nSPS) is 11.6. The summed E-state index contributed by atoms with van der Waals surface area (Å²) < 4.78 is 2.37. The Bertz CT molecular complexity index is 3910. The average molecular weight is 856 g/mol. The van der Waals surface area contributed by atoms with Crippen molar-refractivity contribution in [2.75, 3.05) is 0 Å². The molecule has 10 aromatic carbocycles. The van der Waals surface area contributed by atoms with Crippen LogP contribution >= 0.6 is 0 Å². The topological polar surface area (TPSA) is 82.3 Å². The fourth-order valence-corrected chi connectivity index (χ4v) is 9.54. The fourth-order valence-electron chi connectivity index (χ4n) is 9.54. The summed E-state index contributed by atoms with van der Waals surface area (Å²) in [4.78, 5) is 31.1. The van der Waals surface area contributed by atoms with Crippen molar-refractivity contribution in [2.24, 2.45) is 0 Å². The van der Waals surface area contributed by atoms with Crippen molar-refractivity contribution in [1.82, 2.24) is 34.5 Å². The lowest BCUT2D eigenvalue weighted by molar-refractivity contribution is 1.06. The first-order valence-corrected chi connectivity index (χ1v) is 22.4. The lowest BCUT2D eigenvalue weighted by Gasteiger charge is -2.17. The van der Waals surface area contributed by atoms with Gasteiger partial charge >= 0.3 is 0 Å². The maximum absolute atomic E-state index is 5.33. The van der Waals surface area contributed by atoms with E-state index < -0.39 is 0 Å². The Hall–Kier alpha value is -9.20. The maximum atomic E-state index is 5.33. The number of benzene rings is 10. The molecule has 0 aliphatic heterocycles. The van der Waals surface area contributed by atoms with E-state index in [2.05, 4.69) is 108 Å². The molecule has 0 aliphatic rings. The molecule has 0 amide bonds. The minimum absolute atomic E-state index is 0.522.